The number of benzene rings is 1. The molecule has 0 aromatic heterocycles. The fourth-order valence-corrected chi connectivity index (χ4v) is 3.60. The van der Waals surface area contributed by atoms with Crippen LogP contribution in [0.2, 0.25) is 0 Å². The van der Waals surface area contributed by atoms with Crippen molar-refractivity contribution in [3.63, 3.8) is 0 Å². The molecule has 1 aliphatic heterocycles. The van der Waals surface area contributed by atoms with Gasteiger partial charge < -0.3 is 4.74 Å². The van der Waals surface area contributed by atoms with Gasteiger partial charge in [0.1, 0.15) is 6.04 Å². The van der Waals surface area contributed by atoms with Crippen LogP contribution in [0.5, 0.6) is 0 Å². The number of hydrogen-bond donors (Lipinski definition) is 0. The second kappa shape index (κ2) is 6.52. The molecule has 23 heavy (non-hydrogen) atoms. The highest BCUT2D eigenvalue weighted by Crippen LogP contribution is 2.33. The van der Waals surface area contributed by atoms with Crippen molar-refractivity contribution in [3.8, 4) is 0 Å². The molecular formula is C18H21NO4. The van der Waals surface area contributed by atoms with E-state index < -0.39 is 12.0 Å². The molecule has 0 spiro atoms. The van der Waals surface area contributed by atoms with Crippen LogP contribution in [0, 0.1) is 5.92 Å². The van der Waals surface area contributed by atoms with Gasteiger partial charge in [0.2, 0.25) is 0 Å². The number of imide groups is 1. The lowest BCUT2D eigenvalue weighted by Crippen LogP contribution is -2.46. The lowest BCUT2D eigenvalue weighted by molar-refractivity contribution is -0.148. The van der Waals surface area contributed by atoms with Gasteiger partial charge in [-0.25, -0.2) is 4.79 Å². The summed E-state index contributed by atoms with van der Waals surface area (Å²) in [5.74, 6) is -0.883. The molecule has 0 radical (unpaired) electrons. The molecule has 0 saturated heterocycles. The summed E-state index contributed by atoms with van der Waals surface area (Å²) in [6.07, 6.45) is 4.87. The topological polar surface area (TPSA) is 63.7 Å². The van der Waals surface area contributed by atoms with E-state index in [9.17, 15) is 14.4 Å². The molecule has 1 aromatic rings. The molecular weight excluding hydrogens is 294 g/mol. The molecule has 3 rings (SSSR count). The molecule has 0 bridgehead atoms. The highest BCUT2D eigenvalue weighted by molar-refractivity contribution is 6.22. The van der Waals surface area contributed by atoms with Crippen molar-refractivity contribution in [2.45, 2.75) is 45.1 Å². The molecule has 5 nitrogen and oxygen atoms in total. The van der Waals surface area contributed by atoms with E-state index in [-0.39, 0.29) is 18.4 Å². The number of amides is 2. The van der Waals surface area contributed by atoms with Gasteiger partial charge >= 0.3 is 5.97 Å². The Hall–Kier alpha value is -2.17. The van der Waals surface area contributed by atoms with E-state index in [1.807, 2.05) is 0 Å². The highest BCUT2D eigenvalue weighted by atomic mass is 16.5. The first kappa shape index (κ1) is 15.7. The summed E-state index contributed by atoms with van der Waals surface area (Å²) in [7, 11) is 0. The Morgan fingerprint density at radius 1 is 1.17 bits per heavy atom. The van der Waals surface area contributed by atoms with E-state index in [1.54, 1.807) is 31.2 Å². The van der Waals surface area contributed by atoms with Gasteiger partial charge in [0.05, 0.1) is 17.7 Å². The van der Waals surface area contributed by atoms with Crippen molar-refractivity contribution in [3.05, 3.63) is 35.4 Å². The maximum absolute atomic E-state index is 12.6. The van der Waals surface area contributed by atoms with Crippen LogP contribution in [-0.4, -0.2) is 35.3 Å². The summed E-state index contributed by atoms with van der Waals surface area (Å²) in [4.78, 5) is 38.8. The van der Waals surface area contributed by atoms with Gasteiger partial charge in [-0.05, 0) is 31.4 Å². The first-order valence-electron chi connectivity index (χ1n) is 8.27. The Morgan fingerprint density at radius 2 is 1.74 bits per heavy atom. The molecule has 2 amide bonds. The van der Waals surface area contributed by atoms with Crippen LogP contribution in [-0.2, 0) is 9.53 Å². The van der Waals surface area contributed by atoms with Gasteiger partial charge in [-0.15, -0.1) is 0 Å². The summed E-state index contributed by atoms with van der Waals surface area (Å²) in [5.41, 5.74) is 0.747. The summed E-state index contributed by atoms with van der Waals surface area (Å²) in [6.45, 7) is 1.97. The predicted octanol–water partition coefficient (Wildman–Crippen LogP) is 2.79. The number of rotatable bonds is 5. The van der Waals surface area contributed by atoms with Gasteiger partial charge in [-0.1, -0.05) is 37.8 Å². The summed E-state index contributed by atoms with van der Waals surface area (Å²) >= 11 is 0. The molecule has 1 aliphatic carbocycles. The van der Waals surface area contributed by atoms with Crippen molar-refractivity contribution in [1.29, 1.82) is 0 Å². The van der Waals surface area contributed by atoms with Crippen LogP contribution >= 0.6 is 0 Å². The second-order valence-corrected chi connectivity index (χ2v) is 6.18. The average Bonchev–Trinajstić information content (AvgIpc) is 3.14. The third kappa shape index (κ3) is 2.87. The fourth-order valence-electron chi connectivity index (χ4n) is 3.60. The van der Waals surface area contributed by atoms with Crippen LogP contribution in [0.15, 0.2) is 24.3 Å². The monoisotopic (exact) mass is 315 g/mol. The van der Waals surface area contributed by atoms with E-state index in [4.69, 9.17) is 4.74 Å². The average molecular weight is 315 g/mol. The van der Waals surface area contributed by atoms with Crippen molar-refractivity contribution in [1.82, 2.24) is 4.90 Å². The van der Waals surface area contributed by atoms with Crippen LogP contribution in [0.3, 0.4) is 0 Å². The molecule has 1 aromatic carbocycles. The number of hydrogen-bond acceptors (Lipinski definition) is 4. The molecule has 1 atom stereocenters. The standard InChI is InChI=1S/C18H21NO4/c1-2-23-18(22)15(11-12-7-3-4-8-12)19-16(20)13-9-5-6-10-14(13)17(19)21/h5-6,9-10,12,15H,2-4,7-8,11H2,1H3. The minimum atomic E-state index is -0.814. The van der Waals surface area contributed by atoms with Crippen LogP contribution in [0.1, 0.15) is 59.7 Å². The highest BCUT2D eigenvalue weighted by Gasteiger charge is 2.44. The van der Waals surface area contributed by atoms with E-state index in [2.05, 4.69) is 0 Å². The lowest BCUT2D eigenvalue weighted by Gasteiger charge is -2.26. The SMILES string of the molecule is CCOC(=O)C(CC1CCCC1)N1C(=O)c2ccccc2C1=O. The van der Waals surface area contributed by atoms with Gasteiger partial charge in [0.15, 0.2) is 0 Å². The Bertz CT molecular complexity index is 599. The van der Waals surface area contributed by atoms with Gasteiger partial charge in [-0.2, -0.15) is 0 Å². The largest absolute Gasteiger partial charge is 0.464 e. The molecule has 5 heteroatoms. The Labute approximate surface area is 135 Å². The smallest absolute Gasteiger partial charge is 0.329 e. The maximum atomic E-state index is 12.6. The zero-order chi connectivity index (χ0) is 16.4. The van der Waals surface area contributed by atoms with Crippen LogP contribution in [0.25, 0.3) is 0 Å². The Kier molecular flexibility index (Phi) is 4.46. The molecule has 2 aliphatic rings. The minimum absolute atomic E-state index is 0.239. The molecule has 1 saturated carbocycles. The summed E-state index contributed by atoms with van der Waals surface area (Å²) in [6, 6.07) is 5.90. The van der Waals surface area contributed by atoms with Crippen molar-refractivity contribution in [2.24, 2.45) is 5.92 Å². The zero-order valence-electron chi connectivity index (χ0n) is 13.3. The van der Waals surface area contributed by atoms with Crippen molar-refractivity contribution in [2.75, 3.05) is 6.61 Å². The van der Waals surface area contributed by atoms with Gasteiger partial charge in [-0.3, -0.25) is 14.5 Å². The predicted molar refractivity (Wildman–Crippen MR) is 83.9 cm³/mol. The number of esters is 1. The number of carbonyl (C=O) groups is 3. The van der Waals surface area contributed by atoms with Crippen molar-refractivity contribution < 1.29 is 19.1 Å². The van der Waals surface area contributed by atoms with Crippen molar-refractivity contribution >= 4 is 17.8 Å². The first-order valence-corrected chi connectivity index (χ1v) is 8.27. The van der Waals surface area contributed by atoms with Crippen LogP contribution < -0.4 is 0 Å². The van der Waals surface area contributed by atoms with Gasteiger partial charge in [0.25, 0.3) is 11.8 Å². The summed E-state index contributed by atoms with van der Waals surface area (Å²) < 4.78 is 5.14. The third-order valence-electron chi connectivity index (χ3n) is 4.73. The number of fused-ring (bicyclic) bond motifs is 1. The Morgan fingerprint density at radius 3 is 2.26 bits per heavy atom. The van der Waals surface area contributed by atoms with E-state index in [1.165, 1.54) is 0 Å². The molecule has 1 unspecified atom stereocenters. The first-order chi connectivity index (χ1) is 11.1. The molecule has 1 fully saturated rings. The maximum Gasteiger partial charge on any atom is 0.329 e. The lowest BCUT2D eigenvalue weighted by atomic mass is 9.97. The summed E-state index contributed by atoms with van der Waals surface area (Å²) in [5, 5.41) is 0. The second-order valence-electron chi connectivity index (χ2n) is 6.18. The van der Waals surface area contributed by atoms with Crippen LogP contribution in [0.4, 0.5) is 0 Å². The van der Waals surface area contributed by atoms with E-state index >= 15 is 0 Å². The minimum Gasteiger partial charge on any atom is -0.464 e. The quantitative estimate of drug-likeness (QED) is 0.619. The number of carbonyl (C=O) groups excluding carboxylic acids is 3. The number of nitrogens with zero attached hydrogens (tertiary/aromatic N) is 1. The molecule has 122 valence electrons. The normalized spacial score (nSPS) is 19.1. The molecule has 1 heterocycles. The number of ether oxygens (including phenoxy) is 1. The fraction of sp³-hybridized carbons (Fsp3) is 0.500. The van der Waals surface area contributed by atoms with Gasteiger partial charge in [0, 0.05) is 0 Å². The Balaban J connectivity index is 1.88. The third-order valence-corrected chi connectivity index (χ3v) is 4.73. The zero-order valence-corrected chi connectivity index (χ0v) is 13.3. The van der Waals surface area contributed by atoms with E-state index in [0.29, 0.717) is 23.5 Å². The molecule has 0 N–H and O–H groups in total. The van der Waals surface area contributed by atoms with E-state index in [0.717, 1.165) is 30.6 Å².